The number of Topliss-reactive ketones (excluding diaryl/α,β-unsaturated/α-hetero) is 1. The normalized spacial score (nSPS) is 17.9. The molecule has 0 radical (unpaired) electrons. The number of hydrogen-bond donors (Lipinski definition) is 0. The van der Waals surface area contributed by atoms with Crippen molar-refractivity contribution in [1.82, 2.24) is 4.90 Å². The Morgan fingerprint density at radius 3 is 2.82 bits per heavy atom. The smallest absolute Gasteiger partial charge is 0.231 e. The predicted molar refractivity (Wildman–Crippen MR) is 105 cm³/mol. The zero-order valence-corrected chi connectivity index (χ0v) is 16.5. The molecule has 2 aliphatic heterocycles. The van der Waals surface area contributed by atoms with Crippen LogP contribution in [0.25, 0.3) is 0 Å². The summed E-state index contributed by atoms with van der Waals surface area (Å²) in [5.74, 6) is 2.95. The number of fused-ring (bicyclic) bond motifs is 2. The van der Waals surface area contributed by atoms with E-state index in [-0.39, 0.29) is 18.6 Å². The zero-order chi connectivity index (χ0) is 19.7. The van der Waals surface area contributed by atoms with Crippen LogP contribution in [0, 0.1) is 0 Å². The van der Waals surface area contributed by atoms with E-state index in [4.69, 9.17) is 18.9 Å². The molecule has 0 saturated heterocycles. The van der Waals surface area contributed by atoms with Crippen molar-refractivity contribution in [3.8, 4) is 23.0 Å². The second-order valence-electron chi connectivity index (χ2n) is 7.19. The van der Waals surface area contributed by atoms with E-state index in [1.807, 2.05) is 37.4 Å². The quantitative estimate of drug-likeness (QED) is 0.764. The monoisotopic (exact) mass is 383 g/mol. The standard InChI is InChI=1S/C22H25NO5/c1-23-9-8-15-11-19-21(28-13-27-19)22(26-3)20(15)17(23)12-16(24)10-14-6-4-5-7-18(14)25-2/h4-7,11,17H,8-10,12-13H2,1-3H3. The molecular formula is C22H25NO5. The molecule has 2 aromatic carbocycles. The molecular weight excluding hydrogens is 358 g/mol. The Labute approximate surface area is 165 Å². The van der Waals surface area contributed by atoms with Gasteiger partial charge in [-0.1, -0.05) is 18.2 Å². The van der Waals surface area contributed by atoms with Crippen LogP contribution >= 0.6 is 0 Å². The fourth-order valence-electron chi connectivity index (χ4n) is 4.13. The Balaban J connectivity index is 1.63. The lowest BCUT2D eigenvalue weighted by Gasteiger charge is -2.35. The Morgan fingerprint density at radius 1 is 1.21 bits per heavy atom. The highest BCUT2D eigenvalue weighted by Crippen LogP contribution is 2.50. The molecule has 0 aromatic heterocycles. The summed E-state index contributed by atoms with van der Waals surface area (Å²) in [4.78, 5) is 15.2. The number of methoxy groups -OCH3 is 2. The van der Waals surface area contributed by atoms with E-state index >= 15 is 0 Å². The first-order valence-corrected chi connectivity index (χ1v) is 9.45. The van der Waals surface area contributed by atoms with Gasteiger partial charge in [0.25, 0.3) is 0 Å². The molecule has 6 nitrogen and oxygen atoms in total. The maximum atomic E-state index is 13.0. The van der Waals surface area contributed by atoms with Crippen molar-refractivity contribution >= 4 is 5.78 Å². The Kier molecular flexibility index (Phi) is 5.13. The number of para-hydroxylation sites is 1. The second-order valence-corrected chi connectivity index (χ2v) is 7.19. The van der Waals surface area contributed by atoms with Crippen molar-refractivity contribution in [2.24, 2.45) is 0 Å². The molecule has 0 N–H and O–H groups in total. The third kappa shape index (κ3) is 3.29. The highest BCUT2D eigenvalue weighted by molar-refractivity contribution is 5.82. The predicted octanol–water partition coefficient (Wildman–Crippen LogP) is 3.16. The van der Waals surface area contributed by atoms with E-state index in [1.165, 1.54) is 0 Å². The maximum absolute atomic E-state index is 13.0. The first kappa shape index (κ1) is 18.6. The summed E-state index contributed by atoms with van der Waals surface area (Å²) in [5.41, 5.74) is 3.11. The van der Waals surface area contributed by atoms with E-state index in [2.05, 4.69) is 4.90 Å². The molecule has 2 aliphatic rings. The van der Waals surface area contributed by atoms with Crippen LogP contribution < -0.4 is 18.9 Å². The average Bonchev–Trinajstić information content (AvgIpc) is 3.17. The summed E-state index contributed by atoms with van der Waals surface area (Å²) in [5, 5.41) is 0. The van der Waals surface area contributed by atoms with Crippen molar-refractivity contribution < 1.29 is 23.7 Å². The molecule has 1 atom stereocenters. The number of carbonyl (C=O) groups is 1. The van der Waals surface area contributed by atoms with Crippen LogP contribution in [0.15, 0.2) is 30.3 Å². The van der Waals surface area contributed by atoms with Gasteiger partial charge < -0.3 is 18.9 Å². The minimum Gasteiger partial charge on any atom is -0.496 e. The Bertz CT molecular complexity index is 895. The summed E-state index contributed by atoms with van der Waals surface area (Å²) >= 11 is 0. The van der Waals surface area contributed by atoms with E-state index in [0.29, 0.717) is 24.3 Å². The molecule has 148 valence electrons. The SMILES string of the molecule is COc1ccccc1CC(=O)CC1c2c(cc3c(c2OC)OCO3)CCN1C. The van der Waals surface area contributed by atoms with Gasteiger partial charge >= 0.3 is 0 Å². The van der Waals surface area contributed by atoms with Gasteiger partial charge in [0.15, 0.2) is 11.5 Å². The number of likely N-dealkylation sites (N-methyl/N-ethyl adjacent to an activating group) is 1. The van der Waals surface area contributed by atoms with Gasteiger partial charge in [0.2, 0.25) is 12.5 Å². The summed E-state index contributed by atoms with van der Waals surface area (Å²) < 4.78 is 22.3. The highest BCUT2D eigenvalue weighted by Gasteiger charge is 2.34. The van der Waals surface area contributed by atoms with Crippen LogP contribution in [0.5, 0.6) is 23.0 Å². The number of ketones is 1. The van der Waals surface area contributed by atoms with E-state index in [0.717, 1.165) is 41.2 Å². The van der Waals surface area contributed by atoms with E-state index in [9.17, 15) is 4.79 Å². The Hall–Kier alpha value is -2.73. The Morgan fingerprint density at radius 2 is 2.04 bits per heavy atom. The number of nitrogens with zero attached hydrogens (tertiary/aromatic N) is 1. The van der Waals surface area contributed by atoms with E-state index in [1.54, 1.807) is 14.2 Å². The number of carbonyl (C=O) groups excluding carboxylic acids is 1. The lowest BCUT2D eigenvalue weighted by atomic mass is 9.87. The summed E-state index contributed by atoms with van der Waals surface area (Å²) in [6, 6.07) is 9.63. The lowest BCUT2D eigenvalue weighted by Crippen LogP contribution is -2.34. The highest BCUT2D eigenvalue weighted by atomic mass is 16.7. The van der Waals surface area contributed by atoms with Gasteiger partial charge in [0.05, 0.1) is 14.2 Å². The molecule has 0 saturated carbocycles. The van der Waals surface area contributed by atoms with Crippen molar-refractivity contribution in [3.05, 3.63) is 47.0 Å². The first-order chi connectivity index (χ1) is 13.6. The molecule has 0 aliphatic carbocycles. The fourth-order valence-corrected chi connectivity index (χ4v) is 4.13. The second kappa shape index (κ2) is 7.72. The summed E-state index contributed by atoms with van der Waals surface area (Å²) in [6.45, 7) is 1.07. The van der Waals surface area contributed by atoms with Gasteiger partial charge in [-0.3, -0.25) is 9.69 Å². The number of hydrogen-bond acceptors (Lipinski definition) is 6. The fraction of sp³-hybridized carbons (Fsp3) is 0.409. The molecule has 0 amide bonds. The summed E-state index contributed by atoms with van der Waals surface area (Å²) in [7, 11) is 5.32. The molecule has 0 bridgehead atoms. The van der Waals surface area contributed by atoms with Gasteiger partial charge in [0, 0.05) is 36.6 Å². The maximum Gasteiger partial charge on any atom is 0.231 e. The van der Waals surface area contributed by atoms with Crippen molar-refractivity contribution in [2.75, 3.05) is 34.6 Å². The zero-order valence-electron chi connectivity index (χ0n) is 16.5. The first-order valence-electron chi connectivity index (χ1n) is 9.45. The molecule has 0 fully saturated rings. The largest absolute Gasteiger partial charge is 0.496 e. The van der Waals surface area contributed by atoms with Crippen LogP contribution in [0.4, 0.5) is 0 Å². The van der Waals surface area contributed by atoms with Crippen LogP contribution in [0.3, 0.4) is 0 Å². The van der Waals surface area contributed by atoms with Gasteiger partial charge in [-0.25, -0.2) is 0 Å². The topological polar surface area (TPSA) is 57.2 Å². The molecule has 2 aromatic rings. The van der Waals surface area contributed by atoms with Crippen LogP contribution in [0.1, 0.15) is 29.2 Å². The molecule has 28 heavy (non-hydrogen) atoms. The number of ether oxygens (including phenoxy) is 4. The van der Waals surface area contributed by atoms with Crippen molar-refractivity contribution in [3.63, 3.8) is 0 Å². The van der Waals surface area contributed by atoms with Gasteiger partial charge in [0.1, 0.15) is 11.5 Å². The molecule has 4 rings (SSSR count). The van der Waals surface area contributed by atoms with Gasteiger partial charge in [-0.05, 0) is 31.2 Å². The minimum atomic E-state index is -0.0598. The molecule has 6 heteroatoms. The number of rotatable bonds is 6. The van der Waals surface area contributed by atoms with Gasteiger partial charge in [-0.2, -0.15) is 0 Å². The van der Waals surface area contributed by atoms with Crippen molar-refractivity contribution in [2.45, 2.75) is 25.3 Å². The lowest BCUT2D eigenvalue weighted by molar-refractivity contribution is -0.119. The third-order valence-corrected chi connectivity index (χ3v) is 5.55. The summed E-state index contributed by atoms with van der Waals surface area (Å²) in [6.07, 6.45) is 1.63. The average molecular weight is 383 g/mol. The third-order valence-electron chi connectivity index (χ3n) is 5.55. The van der Waals surface area contributed by atoms with Gasteiger partial charge in [-0.15, -0.1) is 0 Å². The number of benzene rings is 2. The van der Waals surface area contributed by atoms with Crippen LogP contribution in [-0.2, 0) is 17.6 Å². The minimum absolute atomic E-state index is 0.0598. The molecule has 1 unspecified atom stereocenters. The van der Waals surface area contributed by atoms with Crippen LogP contribution in [-0.4, -0.2) is 45.3 Å². The molecule has 0 spiro atoms. The van der Waals surface area contributed by atoms with Crippen molar-refractivity contribution in [1.29, 1.82) is 0 Å². The van der Waals surface area contributed by atoms with E-state index < -0.39 is 0 Å². The van der Waals surface area contributed by atoms with Crippen LogP contribution in [0.2, 0.25) is 0 Å². The molecule has 2 heterocycles.